The maximum Gasteiger partial charge on any atom is 0.472 e. The van der Waals surface area contributed by atoms with E-state index in [1.54, 1.807) is 0 Å². The van der Waals surface area contributed by atoms with Crippen molar-refractivity contribution in [3.63, 3.8) is 0 Å². The number of phosphoric acid groups is 2. The van der Waals surface area contributed by atoms with E-state index in [9.17, 15) is 43.2 Å². The van der Waals surface area contributed by atoms with Crippen LogP contribution in [0.1, 0.15) is 395 Å². The van der Waals surface area contributed by atoms with Gasteiger partial charge in [0, 0.05) is 25.7 Å². The van der Waals surface area contributed by atoms with Crippen molar-refractivity contribution in [3.8, 4) is 0 Å². The Morgan fingerprint density at radius 3 is 0.708 bits per heavy atom. The molecule has 5 atom stereocenters. The predicted molar refractivity (Wildman–Crippen MR) is 391 cm³/mol. The summed E-state index contributed by atoms with van der Waals surface area (Å²) in [4.78, 5) is 72.9. The lowest BCUT2D eigenvalue weighted by Gasteiger charge is -2.21. The fraction of sp³-hybridized carbons (Fsp3) is 0.948. The molecular weight excluding hydrogens is 1260 g/mol. The standard InChI is InChI=1S/C77H150O17P2/c1-8-9-10-11-12-13-14-15-16-20-23-29-37-44-51-58-74(79)87-64-72(93-76(81)60-53-46-39-30-24-21-18-17-19-22-27-34-41-48-55-68(2)3)66-91-95(83,84)89-62-71(78)63-90-96(85,86)92-67-73(65-88-75(80)59-52-45-38-33-32-36-43-50-57-70(6)7)94-77(82)61-54-47-40-31-26-25-28-35-42-49-56-69(4)5/h68-73,78H,8-67H2,1-7H3,(H,83,84)(H,85,86)/t71-,72-,73-/m1/s1. The quantitative estimate of drug-likeness (QED) is 0.0222. The van der Waals surface area contributed by atoms with Gasteiger partial charge in [0.25, 0.3) is 0 Å². The Hall–Kier alpha value is -1.94. The van der Waals surface area contributed by atoms with Gasteiger partial charge in [0.2, 0.25) is 0 Å². The topological polar surface area (TPSA) is 237 Å². The third-order valence-electron chi connectivity index (χ3n) is 17.9. The Kier molecular flexibility index (Phi) is 66.2. The van der Waals surface area contributed by atoms with Crippen LogP contribution >= 0.6 is 15.6 Å². The molecule has 0 aromatic rings. The van der Waals surface area contributed by atoms with Gasteiger partial charge in [-0.25, -0.2) is 9.13 Å². The lowest BCUT2D eigenvalue weighted by atomic mass is 10.0. The zero-order valence-electron chi connectivity index (χ0n) is 62.8. The predicted octanol–water partition coefficient (Wildman–Crippen LogP) is 22.6. The molecule has 3 N–H and O–H groups in total. The zero-order chi connectivity index (χ0) is 70.9. The largest absolute Gasteiger partial charge is 0.472 e. The number of aliphatic hydroxyl groups excluding tert-OH is 1. The molecule has 0 saturated heterocycles. The first-order chi connectivity index (χ1) is 46.2. The van der Waals surface area contributed by atoms with Crippen molar-refractivity contribution in [2.24, 2.45) is 17.8 Å². The highest BCUT2D eigenvalue weighted by Crippen LogP contribution is 2.45. The molecule has 0 aromatic heterocycles. The average molecular weight is 1410 g/mol. The van der Waals surface area contributed by atoms with Crippen molar-refractivity contribution in [1.29, 1.82) is 0 Å². The average Bonchev–Trinajstić information content (AvgIpc) is 1.41. The van der Waals surface area contributed by atoms with Crippen molar-refractivity contribution in [1.82, 2.24) is 0 Å². The van der Waals surface area contributed by atoms with E-state index < -0.39 is 97.5 Å². The number of unbranched alkanes of at least 4 members (excludes halogenated alkanes) is 43. The Balaban J connectivity index is 5.26. The van der Waals surface area contributed by atoms with Gasteiger partial charge >= 0.3 is 39.5 Å². The van der Waals surface area contributed by atoms with Gasteiger partial charge in [0.05, 0.1) is 26.4 Å². The van der Waals surface area contributed by atoms with Gasteiger partial charge in [-0.1, -0.05) is 344 Å². The summed E-state index contributed by atoms with van der Waals surface area (Å²) in [5, 5.41) is 10.6. The number of carbonyl (C=O) groups is 4. The maximum absolute atomic E-state index is 13.1. The van der Waals surface area contributed by atoms with E-state index >= 15 is 0 Å². The number of carbonyl (C=O) groups excluding carboxylic acids is 4. The Morgan fingerprint density at radius 2 is 0.479 bits per heavy atom. The van der Waals surface area contributed by atoms with Gasteiger partial charge in [0.1, 0.15) is 19.3 Å². The summed E-state index contributed by atoms with van der Waals surface area (Å²) >= 11 is 0. The van der Waals surface area contributed by atoms with Crippen LogP contribution < -0.4 is 0 Å². The molecule has 0 heterocycles. The smallest absolute Gasteiger partial charge is 0.462 e. The summed E-state index contributed by atoms with van der Waals surface area (Å²) in [7, 11) is -9.91. The monoisotopic (exact) mass is 1410 g/mol. The van der Waals surface area contributed by atoms with Crippen LogP contribution in [0.5, 0.6) is 0 Å². The first kappa shape index (κ1) is 94.1. The molecule has 0 radical (unpaired) electrons. The fourth-order valence-electron chi connectivity index (χ4n) is 11.8. The highest BCUT2D eigenvalue weighted by molar-refractivity contribution is 7.47. The molecular formula is C77H150O17P2. The van der Waals surface area contributed by atoms with E-state index in [0.717, 1.165) is 108 Å². The number of esters is 4. The molecule has 2 unspecified atom stereocenters. The van der Waals surface area contributed by atoms with Crippen LogP contribution in [0, 0.1) is 17.8 Å². The SMILES string of the molecule is CCCCCCCCCCCCCCCCCC(=O)OC[C@H](COP(=O)(O)OC[C@@H](O)COP(=O)(O)OC[C@@H](COC(=O)CCCCCCCCCCC(C)C)OC(=O)CCCCCCCCCCCCC(C)C)OC(=O)CCCCCCCCCCCCCCCCC(C)C. The number of hydrogen-bond acceptors (Lipinski definition) is 15. The van der Waals surface area contributed by atoms with Gasteiger partial charge in [-0.05, 0) is 43.4 Å². The van der Waals surface area contributed by atoms with Crippen LogP contribution in [0.3, 0.4) is 0 Å². The molecule has 0 rings (SSSR count). The minimum atomic E-state index is -4.96. The molecule has 96 heavy (non-hydrogen) atoms. The van der Waals surface area contributed by atoms with Gasteiger partial charge < -0.3 is 33.8 Å². The van der Waals surface area contributed by atoms with Crippen molar-refractivity contribution < 1.29 is 80.2 Å². The third kappa shape index (κ3) is 70.5. The van der Waals surface area contributed by atoms with Gasteiger partial charge in [-0.3, -0.25) is 37.3 Å². The summed E-state index contributed by atoms with van der Waals surface area (Å²) in [6, 6.07) is 0. The van der Waals surface area contributed by atoms with Gasteiger partial charge in [0.15, 0.2) is 12.2 Å². The molecule has 570 valence electrons. The maximum atomic E-state index is 13.1. The first-order valence-corrected chi connectivity index (χ1v) is 42.8. The highest BCUT2D eigenvalue weighted by atomic mass is 31.2. The number of phosphoric ester groups is 2. The molecule has 0 amide bonds. The normalized spacial score (nSPS) is 14.1. The molecule has 0 aliphatic heterocycles. The second-order valence-corrected chi connectivity index (χ2v) is 32.1. The fourth-order valence-corrected chi connectivity index (χ4v) is 13.4. The Labute approximate surface area is 588 Å². The molecule has 0 aliphatic carbocycles. The van der Waals surface area contributed by atoms with Crippen LogP contribution in [0.2, 0.25) is 0 Å². The highest BCUT2D eigenvalue weighted by Gasteiger charge is 2.30. The molecule has 0 saturated carbocycles. The van der Waals surface area contributed by atoms with E-state index in [-0.39, 0.29) is 25.7 Å². The molecule has 0 spiro atoms. The van der Waals surface area contributed by atoms with Crippen molar-refractivity contribution >= 4 is 39.5 Å². The number of aliphatic hydroxyl groups is 1. The third-order valence-corrected chi connectivity index (χ3v) is 19.8. The summed E-state index contributed by atoms with van der Waals surface area (Å²) < 4.78 is 68.6. The van der Waals surface area contributed by atoms with Crippen molar-refractivity contribution in [3.05, 3.63) is 0 Å². The number of hydrogen-bond donors (Lipinski definition) is 3. The summed E-state index contributed by atoms with van der Waals surface area (Å²) in [6.07, 6.45) is 54.1. The minimum Gasteiger partial charge on any atom is -0.462 e. The van der Waals surface area contributed by atoms with E-state index in [1.807, 2.05) is 0 Å². The van der Waals surface area contributed by atoms with Crippen LogP contribution in [-0.4, -0.2) is 96.7 Å². The van der Waals surface area contributed by atoms with Crippen LogP contribution in [-0.2, 0) is 65.4 Å². The summed E-state index contributed by atoms with van der Waals surface area (Å²) in [6.45, 7) is 11.9. The number of rotatable bonds is 75. The Morgan fingerprint density at radius 1 is 0.281 bits per heavy atom. The molecule has 0 aliphatic rings. The van der Waals surface area contributed by atoms with Crippen LogP contribution in [0.15, 0.2) is 0 Å². The lowest BCUT2D eigenvalue weighted by molar-refractivity contribution is -0.161. The van der Waals surface area contributed by atoms with Crippen LogP contribution in [0.25, 0.3) is 0 Å². The van der Waals surface area contributed by atoms with E-state index in [4.69, 9.17) is 37.0 Å². The first-order valence-electron chi connectivity index (χ1n) is 39.8. The molecule has 0 aromatic carbocycles. The zero-order valence-corrected chi connectivity index (χ0v) is 64.6. The van der Waals surface area contributed by atoms with Crippen LogP contribution in [0.4, 0.5) is 0 Å². The van der Waals surface area contributed by atoms with E-state index in [2.05, 4.69) is 48.5 Å². The molecule has 0 fully saturated rings. The van der Waals surface area contributed by atoms with Crippen molar-refractivity contribution in [2.75, 3.05) is 39.6 Å². The van der Waals surface area contributed by atoms with E-state index in [1.165, 1.54) is 205 Å². The summed E-state index contributed by atoms with van der Waals surface area (Å²) in [5.74, 6) is 0.158. The Bertz CT molecular complexity index is 1870. The number of ether oxygens (including phenoxy) is 4. The minimum absolute atomic E-state index is 0.105. The second kappa shape index (κ2) is 67.5. The van der Waals surface area contributed by atoms with Gasteiger partial charge in [-0.2, -0.15) is 0 Å². The second-order valence-electron chi connectivity index (χ2n) is 29.2. The molecule has 17 nitrogen and oxygen atoms in total. The van der Waals surface area contributed by atoms with E-state index in [0.29, 0.717) is 25.7 Å². The molecule has 0 bridgehead atoms. The van der Waals surface area contributed by atoms with Gasteiger partial charge in [-0.15, -0.1) is 0 Å². The lowest BCUT2D eigenvalue weighted by Crippen LogP contribution is -2.30. The molecule has 19 heteroatoms. The summed E-state index contributed by atoms with van der Waals surface area (Å²) in [5.41, 5.74) is 0. The van der Waals surface area contributed by atoms with Crippen molar-refractivity contribution in [2.45, 2.75) is 414 Å².